The van der Waals surface area contributed by atoms with Gasteiger partial charge in [-0.25, -0.2) is 0 Å². The zero-order valence-electron chi connectivity index (χ0n) is 26.7. The molecule has 0 saturated carbocycles. The van der Waals surface area contributed by atoms with Crippen molar-refractivity contribution in [3.05, 3.63) is 0 Å². The SMILES string of the molecule is CC(C)CC1CCNCC1.CC(C)CC1CNC1.CC(C)N1CC2CNCC2C1.CC(C)NCC1CNC1. The lowest BCUT2D eigenvalue weighted by atomic mass is 9.89. The lowest BCUT2D eigenvalue weighted by Gasteiger charge is -2.28. The first-order valence-electron chi connectivity index (χ1n) is 16.4. The van der Waals surface area contributed by atoms with E-state index in [4.69, 9.17) is 0 Å². The summed E-state index contributed by atoms with van der Waals surface area (Å²) in [6.45, 7) is 32.0. The highest BCUT2D eigenvalue weighted by Crippen LogP contribution is 2.27. The zero-order chi connectivity index (χ0) is 27.9. The highest BCUT2D eigenvalue weighted by atomic mass is 15.2. The number of nitrogens with zero attached hydrogens (tertiary/aromatic N) is 1. The van der Waals surface area contributed by atoms with E-state index in [0.717, 1.165) is 47.5 Å². The minimum absolute atomic E-state index is 0.644. The molecule has 0 bridgehead atoms. The van der Waals surface area contributed by atoms with E-state index in [-0.39, 0.29) is 0 Å². The van der Waals surface area contributed by atoms with Crippen molar-refractivity contribution in [1.82, 2.24) is 31.5 Å². The van der Waals surface area contributed by atoms with E-state index in [9.17, 15) is 0 Å². The molecule has 0 spiro atoms. The molecule has 5 fully saturated rings. The van der Waals surface area contributed by atoms with Crippen molar-refractivity contribution in [2.24, 2.45) is 41.4 Å². The van der Waals surface area contributed by atoms with Gasteiger partial charge in [0.2, 0.25) is 0 Å². The smallest absolute Gasteiger partial charge is 0.00388 e. The molecule has 2 unspecified atom stereocenters. The normalized spacial score (nSPS) is 26.2. The van der Waals surface area contributed by atoms with E-state index in [1.807, 2.05) is 0 Å². The lowest BCUT2D eigenvalue weighted by Crippen LogP contribution is -2.48. The summed E-state index contributed by atoms with van der Waals surface area (Å²) in [5.74, 6) is 6.60. The molecular weight excluding hydrogens is 468 g/mol. The fourth-order valence-electron chi connectivity index (χ4n) is 6.17. The van der Waals surface area contributed by atoms with Crippen molar-refractivity contribution in [3.63, 3.8) is 0 Å². The van der Waals surface area contributed by atoms with E-state index in [2.05, 4.69) is 86.9 Å². The minimum atomic E-state index is 0.644. The van der Waals surface area contributed by atoms with Crippen molar-refractivity contribution in [2.45, 2.75) is 93.2 Å². The van der Waals surface area contributed by atoms with Crippen molar-refractivity contribution in [1.29, 1.82) is 0 Å². The molecule has 38 heavy (non-hydrogen) atoms. The third-order valence-corrected chi connectivity index (χ3v) is 8.76. The first-order valence-corrected chi connectivity index (χ1v) is 16.4. The average Bonchev–Trinajstić information content (AvgIpc) is 3.39. The standard InChI is InChI=1S/C9H18N2.C9H19N.C7H16N2.C7H15N/c1-7(2)11-5-8-3-10-4-9(8)6-11;1-8(2)7-9-3-5-10-6-4-9;1-6(2)9-5-7-3-8-4-7;1-6(2)3-7-4-8-5-7/h7-10H,3-6H2,1-2H3;8-10H,3-7H2,1-2H3;6-9H,3-5H2,1-2H3;6-8H,3-5H2,1-2H3. The van der Waals surface area contributed by atoms with Crippen LogP contribution in [0.25, 0.3) is 0 Å². The Bertz CT molecular complexity index is 554. The Morgan fingerprint density at radius 1 is 0.605 bits per heavy atom. The van der Waals surface area contributed by atoms with Crippen LogP contribution < -0.4 is 26.6 Å². The Labute approximate surface area is 238 Å². The fourth-order valence-corrected chi connectivity index (χ4v) is 6.17. The van der Waals surface area contributed by atoms with Crippen LogP contribution in [0.2, 0.25) is 0 Å². The summed E-state index contributed by atoms with van der Waals surface area (Å²) in [5.41, 5.74) is 0. The fraction of sp³-hybridized carbons (Fsp3) is 1.00. The van der Waals surface area contributed by atoms with Gasteiger partial charge in [-0.2, -0.15) is 0 Å². The molecule has 6 nitrogen and oxygen atoms in total. The van der Waals surface area contributed by atoms with Gasteiger partial charge in [0.15, 0.2) is 0 Å². The quantitative estimate of drug-likeness (QED) is 0.323. The predicted molar refractivity (Wildman–Crippen MR) is 167 cm³/mol. The molecule has 5 rings (SSSR count). The Balaban J connectivity index is 0.000000179. The average molecular weight is 537 g/mol. The predicted octanol–water partition coefficient (Wildman–Crippen LogP) is 4.03. The van der Waals surface area contributed by atoms with Crippen LogP contribution in [-0.4, -0.2) is 89.0 Å². The van der Waals surface area contributed by atoms with Gasteiger partial charge in [-0.05, 0) is 120 Å². The summed E-state index contributed by atoms with van der Waals surface area (Å²) >= 11 is 0. The number of rotatable bonds is 8. The Hall–Kier alpha value is -0.240. The van der Waals surface area contributed by atoms with Gasteiger partial charge in [0, 0.05) is 44.8 Å². The summed E-state index contributed by atoms with van der Waals surface area (Å²) < 4.78 is 0. The van der Waals surface area contributed by atoms with Crippen LogP contribution in [-0.2, 0) is 0 Å². The van der Waals surface area contributed by atoms with E-state index in [1.54, 1.807) is 0 Å². The lowest BCUT2D eigenvalue weighted by molar-refractivity contribution is 0.256. The van der Waals surface area contributed by atoms with Crippen molar-refractivity contribution >= 4 is 0 Å². The highest BCUT2D eigenvalue weighted by molar-refractivity contribution is 4.92. The van der Waals surface area contributed by atoms with E-state index < -0.39 is 0 Å². The van der Waals surface area contributed by atoms with Crippen molar-refractivity contribution < 1.29 is 0 Å². The first kappa shape index (κ1) is 34.0. The zero-order valence-corrected chi connectivity index (χ0v) is 26.7. The molecular formula is C32H68N6. The number of hydrogen-bond donors (Lipinski definition) is 5. The van der Waals surface area contributed by atoms with Gasteiger partial charge < -0.3 is 31.5 Å². The Kier molecular flexibility index (Phi) is 17.0. The summed E-state index contributed by atoms with van der Waals surface area (Å²) in [6, 6.07) is 1.39. The highest BCUT2D eigenvalue weighted by Gasteiger charge is 2.36. The molecule has 5 heterocycles. The van der Waals surface area contributed by atoms with Gasteiger partial charge >= 0.3 is 0 Å². The van der Waals surface area contributed by atoms with Crippen LogP contribution in [0.3, 0.4) is 0 Å². The maximum absolute atomic E-state index is 3.46. The van der Waals surface area contributed by atoms with Gasteiger partial charge in [-0.1, -0.05) is 41.5 Å². The van der Waals surface area contributed by atoms with E-state index >= 15 is 0 Å². The summed E-state index contributed by atoms with van der Waals surface area (Å²) in [4.78, 5) is 2.61. The molecule has 0 aromatic heterocycles. The van der Waals surface area contributed by atoms with E-state index in [1.165, 1.54) is 97.7 Å². The minimum Gasteiger partial charge on any atom is -0.317 e. The van der Waals surface area contributed by atoms with Gasteiger partial charge in [0.05, 0.1) is 0 Å². The number of fused-ring (bicyclic) bond motifs is 1. The summed E-state index contributed by atoms with van der Waals surface area (Å²) in [5, 5.41) is 16.8. The second kappa shape index (κ2) is 19.0. The molecule has 0 aromatic carbocycles. The second-order valence-corrected chi connectivity index (χ2v) is 14.3. The number of nitrogens with one attached hydrogen (secondary N) is 5. The number of hydrogen-bond acceptors (Lipinski definition) is 6. The van der Waals surface area contributed by atoms with Crippen LogP contribution in [0.5, 0.6) is 0 Å². The van der Waals surface area contributed by atoms with Crippen LogP contribution in [0, 0.1) is 41.4 Å². The van der Waals surface area contributed by atoms with Crippen LogP contribution in [0.1, 0.15) is 81.1 Å². The second-order valence-electron chi connectivity index (χ2n) is 14.3. The Morgan fingerprint density at radius 2 is 1.08 bits per heavy atom. The third kappa shape index (κ3) is 14.4. The monoisotopic (exact) mass is 537 g/mol. The van der Waals surface area contributed by atoms with Crippen LogP contribution >= 0.6 is 0 Å². The van der Waals surface area contributed by atoms with Gasteiger partial charge in [-0.3, -0.25) is 0 Å². The van der Waals surface area contributed by atoms with Gasteiger partial charge in [0.25, 0.3) is 0 Å². The van der Waals surface area contributed by atoms with Crippen LogP contribution in [0.15, 0.2) is 0 Å². The molecule has 226 valence electrons. The molecule has 5 N–H and O–H groups in total. The number of likely N-dealkylation sites (tertiary alicyclic amines) is 1. The molecule has 5 aliphatic heterocycles. The summed E-state index contributed by atoms with van der Waals surface area (Å²) in [6.07, 6.45) is 5.64. The number of piperidine rings is 1. The molecule has 5 saturated heterocycles. The largest absolute Gasteiger partial charge is 0.317 e. The van der Waals surface area contributed by atoms with Gasteiger partial charge in [-0.15, -0.1) is 0 Å². The maximum atomic E-state index is 3.46. The molecule has 0 amide bonds. The van der Waals surface area contributed by atoms with Crippen molar-refractivity contribution in [3.8, 4) is 0 Å². The molecule has 6 heteroatoms. The maximum Gasteiger partial charge on any atom is 0.00388 e. The van der Waals surface area contributed by atoms with E-state index in [0.29, 0.717) is 6.04 Å². The van der Waals surface area contributed by atoms with Crippen LogP contribution in [0.4, 0.5) is 0 Å². The summed E-state index contributed by atoms with van der Waals surface area (Å²) in [7, 11) is 0. The molecule has 0 radical (unpaired) electrons. The first-order chi connectivity index (χ1) is 18.1. The Morgan fingerprint density at radius 3 is 1.45 bits per heavy atom. The molecule has 5 aliphatic rings. The third-order valence-electron chi connectivity index (χ3n) is 8.76. The van der Waals surface area contributed by atoms with Gasteiger partial charge in [0.1, 0.15) is 0 Å². The van der Waals surface area contributed by atoms with Crippen molar-refractivity contribution in [2.75, 3.05) is 72.0 Å². The molecule has 0 aliphatic carbocycles. The molecule has 0 aromatic rings. The molecule has 2 atom stereocenters. The topological polar surface area (TPSA) is 63.4 Å².